The molecule has 0 aliphatic carbocycles. The Kier molecular flexibility index (Phi) is 6.29. The van der Waals surface area contributed by atoms with Crippen LogP contribution in [0.2, 0.25) is 0 Å². The van der Waals surface area contributed by atoms with Crippen molar-refractivity contribution in [3.05, 3.63) is 30.3 Å². The zero-order valence-electron chi connectivity index (χ0n) is 10.7. The van der Waals surface area contributed by atoms with E-state index < -0.39 is 10.0 Å². The summed E-state index contributed by atoms with van der Waals surface area (Å²) >= 11 is 0. The molecule has 0 fully saturated rings. The lowest BCUT2D eigenvalue weighted by Crippen LogP contribution is -2.24. The Morgan fingerprint density at radius 2 is 1.67 bits per heavy atom. The summed E-state index contributed by atoms with van der Waals surface area (Å²) in [6.07, 6.45) is 4.66. The van der Waals surface area contributed by atoms with Crippen molar-refractivity contribution in [1.29, 1.82) is 0 Å². The lowest BCUT2D eigenvalue weighted by molar-refractivity contribution is 0.136. The van der Waals surface area contributed by atoms with Gasteiger partial charge in [-0.15, -0.1) is 4.48 Å². The van der Waals surface area contributed by atoms with Crippen molar-refractivity contribution in [3.63, 3.8) is 0 Å². The molecular weight excluding hydrogens is 253 g/mol. The number of rotatable bonds is 8. The number of hydrogen-bond acceptors (Lipinski definition) is 2. The van der Waals surface area contributed by atoms with Gasteiger partial charge in [0.05, 0.1) is 4.90 Å². The summed E-state index contributed by atoms with van der Waals surface area (Å²) in [7, 11) is -3.97. The van der Waals surface area contributed by atoms with Crippen LogP contribution in [0.5, 0.6) is 0 Å². The van der Waals surface area contributed by atoms with E-state index in [0.717, 1.165) is 25.7 Å². The number of sulfonamides is 1. The van der Waals surface area contributed by atoms with E-state index in [9.17, 15) is 12.9 Å². The van der Waals surface area contributed by atoms with Gasteiger partial charge in [0.1, 0.15) is 0 Å². The lowest BCUT2D eigenvalue weighted by atomic mass is 10.2. The van der Waals surface area contributed by atoms with Gasteiger partial charge in [-0.2, -0.15) is 0 Å². The second kappa shape index (κ2) is 7.48. The Bertz CT molecular complexity index is 434. The molecule has 0 saturated heterocycles. The first-order chi connectivity index (χ1) is 8.59. The molecule has 0 aromatic heterocycles. The minimum Gasteiger partial charge on any atom is -0.205 e. The number of unbranched alkanes of at least 4 members (excludes halogenated alkanes) is 4. The average molecular weight is 273 g/mol. The fourth-order valence-corrected chi connectivity index (χ4v) is 2.77. The topological polar surface area (TPSA) is 37.4 Å². The molecule has 18 heavy (non-hydrogen) atoms. The van der Waals surface area contributed by atoms with Crippen molar-refractivity contribution in [1.82, 2.24) is 4.53 Å². The van der Waals surface area contributed by atoms with Gasteiger partial charge >= 0.3 is 0 Å². The second-order valence-corrected chi connectivity index (χ2v) is 6.06. The SMILES string of the molecule is CCCCCCCN(F)S(=O)(=O)c1ccccc1. The summed E-state index contributed by atoms with van der Waals surface area (Å²) < 4.78 is 37.2. The Balaban J connectivity index is 2.48. The van der Waals surface area contributed by atoms with E-state index in [2.05, 4.69) is 6.92 Å². The van der Waals surface area contributed by atoms with Gasteiger partial charge in [-0.05, 0) is 23.1 Å². The van der Waals surface area contributed by atoms with Crippen LogP contribution in [0.3, 0.4) is 0 Å². The fraction of sp³-hybridized carbons (Fsp3) is 0.538. The van der Waals surface area contributed by atoms with Crippen LogP contribution in [-0.4, -0.2) is 19.5 Å². The minimum atomic E-state index is -3.97. The van der Waals surface area contributed by atoms with Crippen molar-refractivity contribution in [2.24, 2.45) is 0 Å². The maximum atomic E-state index is 13.6. The van der Waals surface area contributed by atoms with Gasteiger partial charge in [0.15, 0.2) is 0 Å². The normalized spacial score (nSPS) is 11.9. The van der Waals surface area contributed by atoms with Crippen LogP contribution < -0.4 is 0 Å². The minimum absolute atomic E-state index is 0.000980. The molecule has 0 atom stereocenters. The predicted octanol–water partition coefficient (Wildman–Crippen LogP) is 3.53. The fourth-order valence-electron chi connectivity index (χ4n) is 1.67. The third-order valence-electron chi connectivity index (χ3n) is 2.74. The van der Waals surface area contributed by atoms with Crippen LogP contribution in [0, 0.1) is 0 Å². The van der Waals surface area contributed by atoms with Crippen LogP contribution in [0.15, 0.2) is 35.2 Å². The maximum absolute atomic E-state index is 13.6. The second-order valence-electron chi connectivity index (χ2n) is 4.24. The molecular formula is C13H20FNO2S. The van der Waals surface area contributed by atoms with Crippen molar-refractivity contribution in [2.75, 3.05) is 6.54 Å². The quantitative estimate of drug-likeness (QED) is 0.536. The molecule has 0 bridgehead atoms. The summed E-state index contributed by atoms with van der Waals surface area (Å²) in [5.74, 6) is 0. The van der Waals surface area contributed by atoms with E-state index in [0.29, 0.717) is 6.42 Å². The lowest BCUT2D eigenvalue weighted by Gasteiger charge is -2.12. The predicted molar refractivity (Wildman–Crippen MR) is 70.2 cm³/mol. The highest BCUT2D eigenvalue weighted by molar-refractivity contribution is 7.89. The third kappa shape index (κ3) is 4.38. The summed E-state index contributed by atoms with van der Waals surface area (Å²) in [5, 5.41) is 0. The molecule has 0 unspecified atom stereocenters. The summed E-state index contributed by atoms with van der Waals surface area (Å²) in [4.78, 5) is 0.000980. The van der Waals surface area contributed by atoms with Crippen molar-refractivity contribution in [3.8, 4) is 0 Å². The zero-order chi connectivity index (χ0) is 13.4. The molecule has 0 amide bonds. The highest BCUT2D eigenvalue weighted by atomic mass is 32.2. The summed E-state index contributed by atoms with van der Waals surface area (Å²) in [6.45, 7) is 2.03. The average Bonchev–Trinajstić information content (AvgIpc) is 2.39. The van der Waals surface area contributed by atoms with Gasteiger partial charge in [0.25, 0.3) is 10.0 Å². The standard InChI is InChI=1S/C13H20FNO2S/c1-2-3-4-5-9-12-15(14)18(16,17)13-10-7-6-8-11-13/h6-8,10-11H,2-5,9,12H2,1H3. The van der Waals surface area contributed by atoms with Crippen molar-refractivity contribution >= 4 is 10.0 Å². The van der Waals surface area contributed by atoms with Gasteiger partial charge in [0, 0.05) is 6.54 Å². The van der Waals surface area contributed by atoms with Crippen LogP contribution in [-0.2, 0) is 10.0 Å². The number of benzene rings is 1. The van der Waals surface area contributed by atoms with Crippen molar-refractivity contribution in [2.45, 2.75) is 43.9 Å². The smallest absolute Gasteiger partial charge is 0.205 e. The van der Waals surface area contributed by atoms with Gasteiger partial charge in [0.2, 0.25) is 0 Å². The van der Waals surface area contributed by atoms with E-state index in [1.807, 2.05) is 0 Å². The largest absolute Gasteiger partial charge is 0.269 e. The molecule has 5 heteroatoms. The Morgan fingerprint density at radius 1 is 1.06 bits per heavy atom. The highest BCUT2D eigenvalue weighted by Crippen LogP contribution is 2.16. The molecule has 1 aromatic carbocycles. The van der Waals surface area contributed by atoms with E-state index in [1.165, 1.54) is 12.1 Å². The molecule has 0 radical (unpaired) electrons. The molecule has 0 saturated carbocycles. The van der Waals surface area contributed by atoms with Crippen LogP contribution >= 0.6 is 0 Å². The first kappa shape index (κ1) is 15.1. The first-order valence-electron chi connectivity index (χ1n) is 6.32. The highest BCUT2D eigenvalue weighted by Gasteiger charge is 2.23. The molecule has 0 spiro atoms. The van der Waals surface area contributed by atoms with E-state index in [1.54, 1.807) is 18.2 Å². The molecule has 102 valence electrons. The van der Waals surface area contributed by atoms with Gasteiger partial charge in [-0.3, -0.25) is 0 Å². The molecule has 1 rings (SSSR count). The molecule has 3 nitrogen and oxygen atoms in total. The van der Waals surface area contributed by atoms with Crippen LogP contribution in [0.4, 0.5) is 4.48 Å². The van der Waals surface area contributed by atoms with Crippen LogP contribution in [0.1, 0.15) is 39.0 Å². The van der Waals surface area contributed by atoms with E-state index in [-0.39, 0.29) is 16.0 Å². The van der Waals surface area contributed by atoms with Gasteiger partial charge in [-0.1, -0.05) is 50.8 Å². The zero-order valence-corrected chi connectivity index (χ0v) is 11.5. The monoisotopic (exact) mass is 273 g/mol. The number of halogens is 1. The van der Waals surface area contributed by atoms with Gasteiger partial charge < -0.3 is 0 Å². The molecule has 0 aliphatic rings. The summed E-state index contributed by atoms with van der Waals surface area (Å²) in [5.41, 5.74) is 0. The molecule has 0 N–H and O–H groups in total. The Morgan fingerprint density at radius 3 is 2.28 bits per heavy atom. The first-order valence-corrected chi connectivity index (χ1v) is 7.76. The third-order valence-corrected chi connectivity index (χ3v) is 4.31. The molecule has 0 heterocycles. The molecule has 0 aliphatic heterocycles. The number of hydrogen-bond donors (Lipinski definition) is 0. The van der Waals surface area contributed by atoms with E-state index in [4.69, 9.17) is 0 Å². The Labute approximate surface area is 109 Å². The maximum Gasteiger partial charge on any atom is 0.269 e. The summed E-state index contributed by atoms with van der Waals surface area (Å²) in [6, 6.07) is 7.67. The number of nitrogens with zero attached hydrogens (tertiary/aromatic N) is 1. The Hall–Kier alpha value is -0.940. The van der Waals surface area contributed by atoms with Crippen LogP contribution in [0.25, 0.3) is 0 Å². The van der Waals surface area contributed by atoms with Crippen molar-refractivity contribution < 1.29 is 12.9 Å². The van der Waals surface area contributed by atoms with Gasteiger partial charge in [-0.25, -0.2) is 8.42 Å². The van der Waals surface area contributed by atoms with E-state index >= 15 is 0 Å². The molecule has 1 aromatic rings.